The Morgan fingerprint density at radius 2 is 1.79 bits per heavy atom. The van der Waals surface area contributed by atoms with Crippen molar-refractivity contribution in [3.63, 3.8) is 0 Å². The summed E-state index contributed by atoms with van der Waals surface area (Å²) in [6.07, 6.45) is 1.03. The number of benzene rings is 2. The number of piperazine rings is 1. The molecule has 0 bridgehead atoms. The Morgan fingerprint density at radius 3 is 2.52 bits per heavy atom. The highest BCUT2D eigenvalue weighted by molar-refractivity contribution is 8.05. The van der Waals surface area contributed by atoms with Crippen LogP contribution in [-0.2, 0) is 0 Å². The molecule has 2 heterocycles. The molecule has 2 aromatic rings. The monoisotopic (exact) mass is 414 g/mol. The number of nitrogens with zero attached hydrogens (tertiary/aromatic N) is 1. The molecule has 1 fully saturated rings. The van der Waals surface area contributed by atoms with Gasteiger partial charge in [-0.05, 0) is 35.9 Å². The predicted molar refractivity (Wildman–Crippen MR) is 107 cm³/mol. The Balaban J connectivity index is 1.63. The lowest BCUT2D eigenvalue weighted by Crippen LogP contribution is -2.47. The number of amides is 1. The summed E-state index contributed by atoms with van der Waals surface area (Å²) in [4.78, 5) is 27.5. The van der Waals surface area contributed by atoms with Gasteiger partial charge in [0.2, 0.25) is 5.78 Å². The molecular formula is C20H18N2O6S. The number of thioether (sulfide) groups is 1. The first kappa shape index (κ1) is 19.2. The van der Waals surface area contributed by atoms with E-state index in [0.29, 0.717) is 41.5 Å². The van der Waals surface area contributed by atoms with Crippen LogP contribution in [0, 0.1) is 0 Å². The average molecular weight is 414 g/mol. The summed E-state index contributed by atoms with van der Waals surface area (Å²) >= 11 is 1.08. The topological polar surface area (TPSA) is 119 Å². The molecule has 0 atom stereocenters. The van der Waals surface area contributed by atoms with E-state index in [1.54, 1.807) is 11.0 Å². The first-order valence-electron chi connectivity index (χ1n) is 8.93. The molecule has 0 radical (unpaired) electrons. The number of rotatable bonds is 2. The van der Waals surface area contributed by atoms with Crippen LogP contribution in [0.15, 0.2) is 40.1 Å². The molecule has 1 saturated heterocycles. The van der Waals surface area contributed by atoms with Crippen molar-refractivity contribution in [3.8, 4) is 23.0 Å². The maximum atomic E-state index is 12.8. The van der Waals surface area contributed by atoms with Crippen LogP contribution in [0.1, 0.15) is 15.9 Å². The normalized spacial score (nSPS) is 17.4. The Hall–Kier alpha value is -3.17. The van der Waals surface area contributed by atoms with Crippen molar-refractivity contribution >= 4 is 29.7 Å². The van der Waals surface area contributed by atoms with E-state index in [0.717, 1.165) is 11.8 Å². The first-order valence-corrected chi connectivity index (χ1v) is 9.75. The zero-order valence-electron chi connectivity index (χ0n) is 15.2. The highest BCUT2D eigenvalue weighted by atomic mass is 32.2. The van der Waals surface area contributed by atoms with Gasteiger partial charge in [0.25, 0.3) is 0 Å². The molecule has 9 heteroatoms. The zero-order valence-corrected chi connectivity index (χ0v) is 16.0. The highest BCUT2D eigenvalue weighted by Crippen LogP contribution is 2.49. The van der Waals surface area contributed by atoms with Gasteiger partial charge in [0.05, 0.1) is 15.4 Å². The number of fused-ring (bicyclic) bond motifs is 1. The summed E-state index contributed by atoms with van der Waals surface area (Å²) in [6, 6.07) is 6.97. The standard InChI is InChI=1S/C20H18N2O6S/c23-12-2-1-11(9-14(12)25)10-16-18(26)17-13(24)3-4-15(19(17)29-16)28-20(27)22-7-5-21-6-8-22/h1-4,9-10,21,23-25H,5-8H2/b16-10-. The minimum atomic E-state index is -0.506. The second-order valence-corrected chi connectivity index (χ2v) is 7.63. The largest absolute Gasteiger partial charge is 0.507 e. The van der Waals surface area contributed by atoms with Gasteiger partial charge < -0.3 is 30.3 Å². The first-order chi connectivity index (χ1) is 13.9. The van der Waals surface area contributed by atoms with Crippen molar-refractivity contribution < 1.29 is 29.6 Å². The summed E-state index contributed by atoms with van der Waals surface area (Å²) in [5, 5.41) is 32.4. The van der Waals surface area contributed by atoms with Crippen molar-refractivity contribution in [3.05, 3.63) is 46.4 Å². The number of hydrogen-bond donors (Lipinski definition) is 4. The predicted octanol–water partition coefficient (Wildman–Crippen LogP) is 2.54. The average Bonchev–Trinajstić information content (AvgIpc) is 3.05. The van der Waals surface area contributed by atoms with E-state index in [1.807, 2.05) is 0 Å². The minimum Gasteiger partial charge on any atom is -0.507 e. The van der Waals surface area contributed by atoms with E-state index in [4.69, 9.17) is 4.74 Å². The van der Waals surface area contributed by atoms with E-state index in [9.17, 15) is 24.9 Å². The summed E-state index contributed by atoms with van der Waals surface area (Å²) in [5.41, 5.74) is 0.581. The molecule has 0 aliphatic carbocycles. The number of carbonyl (C=O) groups excluding carboxylic acids is 2. The van der Waals surface area contributed by atoms with Gasteiger partial charge in [-0.2, -0.15) is 0 Å². The molecule has 0 saturated carbocycles. The molecule has 0 spiro atoms. The van der Waals surface area contributed by atoms with Crippen LogP contribution in [-0.4, -0.2) is 58.3 Å². The highest BCUT2D eigenvalue weighted by Gasteiger charge is 2.33. The number of phenolic OH excluding ortho intramolecular Hbond substituents is 3. The van der Waals surface area contributed by atoms with Crippen LogP contribution in [0.5, 0.6) is 23.0 Å². The van der Waals surface area contributed by atoms with Crippen LogP contribution >= 0.6 is 11.8 Å². The maximum absolute atomic E-state index is 12.8. The third-order valence-electron chi connectivity index (χ3n) is 4.63. The summed E-state index contributed by atoms with van der Waals surface area (Å²) in [7, 11) is 0. The molecule has 2 aliphatic heterocycles. The molecule has 29 heavy (non-hydrogen) atoms. The zero-order chi connectivity index (χ0) is 20.5. The smallest absolute Gasteiger partial charge is 0.415 e. The lowest BCUT2D eigenvalue weighted by molar-refractivity contribution is 0.104. The lowest BCUT2D eigenvalue weighted by atomic mass is 10.1. The van der Waals surface area contributed by atoms with Crippen molar-refractivity contribution in [1.29, 1.82) is 0 Å². The van der Waals surface area contributed by atoms with Gasteiger partial charge in [-0.3, -0.25) is 4.79 Å². The number of hydrogen-bond acceptors (Lipinski definition) is 8. The van der Waals surface area contributed by atoms with E-state index < -0.39 is 11.9 Å². The summed E-state index contributed by atoms with van der Waals surface area (Å²) < 4.78 is 5.51. The quantitative estimate of drug-likeness (QED) is 0.437. The molecule has 2 aromatic carbocycles. The van der Waals surface area contributed by atoms with Crippen molar-refractivity contribution in [2.75, 3.05) is 26.2 Å². The second kappa shape index (κ2) is 7.69. The Labute approximate surface area is 170 Å². The number of nitrogens with one attached hydrogen (secondary N) is 1. The number of aromatic hydroxyl groups is 3. The number of carbonyl (C=O) groups is 2. The lowest BCUT2D eigenvalue weighted by Gasteiger charge is -2.26. The van der Waals surface area contributed by atoms with E-state index in [1.165, 1.54) is 30.3 Å². The van der Waals surface area contributed by atoms with E-state index in [-0.39, 0.29) is 28.6 Å². The summed E-state index contributed by atoms with van der Waals surface area (Å²) in [6.45, 7) is 2.42. The number of Topliss-reactive ketones (excluding diaryl/α,β-unsaturated/α-hetero) is 1. The fourth-order valence-corrected chi connectivity index (χ4v) is 4.24. The molecule has 0 aromatic heterocycles. The van der Waals surface area contributed by atoms with Gasteiger partial charge in [0.1, 0.15) is 11.5 Å². The van der Waals surface area contributed by atoms with Crippen LogP contribution in [0.3, 0.4) is 0 Å². The van der Waals surface area contributed by atoms with Crippen LogP contribution < -0.4 is 10.1 Å². The van der Waals surface area contributed by atoms with Crippen LogP contribution in [0.2, 0.25) is 0 Å². The second-order valence-electron chi connectivity index (χ2n) is 6.58. The number of ether oxygens (including phenoxy) is 1. The van der Waals surface area contributed by atoms with Gasteiger partial charge >= 0.3 is 6.09 Å². The molecular weight excluding hydrogens is 396 g/mol. The van der Waals surface area contributed by atoms with Crippen molar-refractivity contribution in [2.45, 2.75) is 4.90 Å². The van der Waals surface area contributed by atoms with Gasteiger partial charge in [0, 0.05) is 26.2 Å². The molecule has 4 rings (SSSR count). The third-order valence-corrected chi connectivity index (χ3v) is 5.76. The number of phenols is 3. The molecule has 2 aliphatic rings. The van der Waals surface area contributed by atoms with Crippen molar-refractivity contribution in [2.24, 2.45) is 0 Å². The van der Waals surface area contributed by atoms with Gasteiger partial charge in [-0.25, -0.2) is 4.79 Å². The Bertz CT molecular complexity index is 1030. The van der Waals surface area contributed by atoms with Crippen LogP contribution in [0.25, 0.3) is 6.08 Å². The van der Waals surface area contributed by atoms with Gasteiger partial charge in [-0.15, -0.1) is 0 Å². The van der Waals surface area contributed by atoms with Gasteiger partial charge in [0.15, 0.2) is 11.5 Å². The number of ketones is 1. The fraction of sp³-hybridized carbons (Fsp3) is 0.200. The van der Waals surface area contributed by atoms with E-state index >= 15 is 0 Å². The van der Waals surface area contributed by atoms with E-state index in [2.05, 4.69) is 5.32 Å². The maximum Gasteiger partial charge on any atom is 0.415 e. The minimum absolute atomic E-state index is 0.0786. The molecule has 8 nitrogen and oxygen atoms in total. The van der Waals surface area contributed by atoms with Gasteiger partial charge in [-0.1, -0.05) is 17.8 Å². The molecule has 1 amide bonds. The van der Waals surface area contributed by atoms with Crippen molar-refractivity contribution in [1.82, 2.24) is 10.2 Å². The number of allylic oxidation sites excluding steroid dienone is 1. The van der Waals surface area contributed by atoms with Crippen LogP contribution in [0.4, 0.5) is 4.79 Å². The third kappa shape index (κ3) is 3.74. The Morgan fingerprint density at radius 1 is 1.07 bits per heavy atom. The molecule has 4 N–H and O–H groups in total. The summed E-state index contributed by atoms with van der Waals surface area (Å²) in [5.74, 6) is -0.968. The molecule has 0 unspecified atom stereocenters. The molecule has 150 valence electrons. The fourth-order valence-electron chi connectivity index (χ4n) is 3.12. The SMILES string of the molecule is O=C1/C(=C/c2ccc(O)c(O)c2)Sc2c(OC(=O)N3CCNCC3)ccc(O)c21. The Kier molecular flexibility index (Phi) is 5.08.